The molecule has 0 aliphatic carbocycles. The molecule has 0 saturated carbocycles. The van der Waals surface area contributed by atoms with Gasteiger partial charge in [0.25, 0.3) is 5.91 Å². The number of aryl methyl sites for hydroxylation is 1. The van der Waals surface area contributed by atoms with Crippen molar-refractivity contribution in [2.45, 2.75) is 25.8 Å². The van der Waals surface area contributed by atoms with E-state index in [1.165, 1.54) is 12.4 Å². The highest BCUT2D eigenvalue weighted by Crippen LogP contribution is 2.21. The van der Waals surface area contributed by atoms with Crippen LogP contribution < -0.4 is 10.2 Å². The Morgan fingerprint density at radius 2 is 2.04 bits per heavy atom. The molecule has 0 spiro atoms. The van der Waals surface area contributed by atoms with Gasteiger partial charge in [-0.05, 0) is 24.5 Å². The first kappa shape index (κ1) is 18.3. The molecule has 1 aliphatic rings. The number of para-hydroxylation sites is 1. The van der Waals surface area contributed by atoms with Crippen molar-refractivity contribution in [2.75, 3.05) is 28.8 Å². The summed E-state index contributed by atoms with van der Waals surface area (Å²) in [6, 6.07) is 7.52. The van der Waals surface area contributed by atoms with Crippen molar-refractivity contribution < 1.29 is 13.2 Å². The maximum Gasteiger partial charge on any atom is 0.275 e. The average Bonchev–Trinajstić information content (AvgIpc) is 3.01. The first-order valence-electron chi connectivity index (χ1n) is 8.54. The van der Waals surface area contributed by atoms with Crippen LogP contribution in [0.4, 0.5) is 11.5 Å². The second-order valence-corrected chi connectivity index (χ2v) is 8.62. The fourth-order valence-corrected chi connectivity index (χ4v) is 4.80. The molecule has 2 heterocycles. The quantitative estimate of drug-likeness (QED) is 0.859. The Bertz CT molecular complexity index is 897. The third-order valence-corrected chi connectivity index (χ3v) is 6.39. The summed E-state index contributed by atoms with van der Waals surface area (Å²) in [7, 11) is -1.17. The van der Waals surface area contributed by atoms with Crippen molar-refractivity contribution in [3.8, 4) is 0 Å². The molecule has 26 heavy (non-hydrogen) atoms. The van der Waals surface area contributed by atoms with Gasteiger partial charge in [0.05, 0.1) is 23.9 Å². The molecule has 1 N–H and O–H groups in total. The Morgan fingerprint density at radius 3 is 2.65 bits per heavy atom. The molecule has 138 valence electrons. The van der Waals surface area contributed by atoms with Gasteiger partial charge in [-0.25, -0.2) is 18.4 Å². The van der Waals surface area contributed by atoms with E-state index in [0.717, 1.165) is 17.7 Å². The van der Waals surface area contributed by atoms with Crippen LogP contribution in [0.1, 0.15) is 29.4 Å². The van der Waals surface area contributed by atoms with Crippen LogP contribution in [0.2, 0.25) is 0 Å². The molecule has 0 bridgehead atoms. The fraction of sp³-hybridized carbons (Fsp3) is 0.389. The van der Waals surface area contributed by atoms with E-state index in [1.54, 1.807) is 7.05 Å². The van der Waals surface area contributed by atoms with Gasteiger partial charge in [-0.1, -0.05) is 25.1 Å². The zero-order valence-corrected chi connectivity index (χ0v) is 15.7. The van der Waals surface area contributed by atoms with Gasteiger partial charge >= 0.3 is 0 Å². The summed E-state index contributed by atoms with van der Waals surface area (Å²) in [6.45, 7) is 2.03. The Balaban J connectivity index is 1.70. The molecule has 7 nitrogen and oxygen atoms in total. The van der Waals surface area contributed by atoms with E-state index in [4.69, 9.17) is 0 Å². The molecule has 3 rings (SSSR count). The van der Waals surface area contributed by atoms with Gasteiger partial charge in [0.2, 0.25) is 0 Å². The number of amides is 1. The number of carbonyl (C=O) groups is 1. The lowest BCUT2D eigenvalue weighted by Gasteiger charge is -2.24. The minimum absolute atomic E-state index is 0.106. The topological polar surface area (TPSA) is 92.3 Å². The van der Waals surface area contributed by atoms with Gasteiger partial charge in [0.15, 0.2) is 9.84 Å². The minimum atomic E-state index is -2.97. The molecular formula is C18H22N4O3S. The van der Waals surface area contributed by atoms with Crippen LogP contribution in [0.25, 0.3) is 0 Å². The number of hydrogen-bond donors (Lipinski definition) is 1. The number of sulfone groups is 1. The van der Waals surface area contributed by atoms with E-state index in [-0.39, 0.29) is 29.1 Å². The third-order valence-electron chi connectivity index (χ3n) is 4.63. The van der Waals surface area contributed by atoms with Crippen molar-refractivity contribution >= 4 is 27.2 Å². The second-order valence-electron chi connectivity index (χ2n) is 6.39. The van der Waals surface area contributed by atoms with Crippen molar-refractivity contribution in [3.63, 3.8) is 0 Å². The zero-order chi connectivity index (χ0) is 18.7. The van der Waals surface area contributed by atoms with E-state index < -0.39 is 9.84 Å². The number of carbonyl (C=O) groups excluding carboxylic acids is 1. The summed E-state index contributed by atoms with van der Waals surface area (Å²) < 4.78 is 23.3. The highest BCUT2D eigenvalue weighted by Gasteiger charge is 2.31. The molecular weight excluding hydrogens is 352 g/mol. The lowest BCUT2D eigenvalue weighted by Crippen LogP contribution is -2.33. The van der Waals surface area contributed by atoms with Gasteiger partial charge < -0.3 is 10.2 Å². The summed E-state index contributed by atoms with van der Waals surface area (Å²) in [5.41, 5.74) is 2.03. The summed E-state index contributed by atoms with van der Waals surface area (Å²) in [5.74, 6) is 0.558. The number of hydrogen-bond acceptors (Lipinski definition) is 6. The Labute approximate surface area is 153 Å². The summed E-state index contributed by atoms with van der Waals surface area (Å²) in [4.78, 5) is 22.7. The molecule has 1 fully saturated rings. The van der Waals surface area contributed by atoms with E-state index >= 15 is 0 Å². The Kier molecular flexibility index (Phi) is 5.22. The van der Waals surface area contributed by atoms with Crippen molar-refractivity contribution in [2.24, 2.45) is 0 Å². The van der Waals surface area contributed by atoms with E-state index in [9.17, 15) is 13.2 Å². The predicted octanol–water partition coefficient (Wildman–Crippen LogP) is 1.91. The van der Waals surface area contributed by atoms with E-state index in [1.807, 2.05) is 36.1 Å². The molecule has 1 amide bonds. The normalized spacial score (nSPS) is 18.5. The SMILES string of the molecule is CCc1ccccc1NC(=O)c1cnc(N(C)C2CCS(=O)(=O)C2)cn1. The number of rotatable bonds is 5. The smallest absolute Gasteiger partial charge is 0.275 e. The van der Waals surface area contributed by atoms with Crippen LogP contribution in [-0.2, 0) is 16.3 Å². The number of nitrogens with one attached hydrogen (secondary N) is 1. The standard InChI is InChI=1S/C18H22N4O3S/c1-3-13-6-4-5-7-15(13)21-18(23)16-10-20-17(11-19-16)22(2)14-8-9-26(24,25)12-14/h4-7,10-11,14H,3,8-9,12H2,1-2H3,(H,21,23). The highest BCUT2D eigenvalue weighted by atomic mass is 32.2. The lowest BCUT2D eigenvalue weighted by molar-refractivity contribution is 0.102. The second kappa shape index (κ2) is 7.41. The summed E-state index contributed by atoms with van der Waals surface area (Å²) in [6.07, 6.45) is 4.32. The van der Waals surface area contributed by atoms with Gasteiger partial charge in [-0.2, -0.15) is 0 Å². The van der Waals surface area contributed by atoms with Gasteiger partial charge in [-0.3, -0.25) is 4.79 Å². The molecule has 1 unspecified atom stereocenters. The fourth-order valence-electron chi connectivity index (χ4n) is 3.03. The first-order chi connectivity index (χ1) is 12.4. The number of nitrogens with zero attached hydrogens (tertiary/aromatic N) is 3. The minimum Gasteiger partial charge on any atom is -0.354 e. The molecule has 0 radical (unpaired) electrons. The third kappa shape index (κ3) is 4.01. The lowest BCUT2D eigenvalue weighted by atomic mass is 10.1. The highest BCUT2D eigenvalue weighted by molar-refractivity contribution is 7.91. The van der Waals surface area contributed by atoms with Gasteiger partial charge in [0.1, 0.15) is 11.5 Å². The molecule has 1 atom stereocenters. The van der Waals surface area contributed by atoms with Crippen LogP contribution in [0.5, 0.6) is 0 Å². The molecule has 1 aromatic heterocycles. The number of aromatic nitrogens is 2. The molecule has 1 aliphatic heterocycles. The zero-order valence-electron chi connectivity index (χ0n) is 14.8. The summed E-state index contributed by atoms with van der Waals surface area (Å²) >= 11 is 0. The maximum atomic E-state index is 12.4. The van der Waals surface area contributed by atoms with Crippen molar-refractivity contribution in [1.82, 2.24) is 9.97 Å². The maximum absolute atomic E-state index is 12.4. The average molecular weight is 374 g/mol. The van der Waals surface area contributed by atoms with E-state index in [0.29, 0.717) is 12.2 Å². The molecule has 1 aromatic carbocycles. The molecule has 1 saturated heterocycles. The van der Waals surface area contributed by atoms with Crippen LogP contribution in [0.15, 0.2) is 36.7 Å². The summed E-state index contributed by atoms with van der Waals surface area (Å²) in [5, 5.41) is 2.86. The van der Waals surface area contributed by atoms with Crippen LogP contribution >= 0.6 is 0 Å². The van der Waals surface area contributed by atoms with Crippen LogP contribution in [0, 0.1) is 0 Å². The van der Waals surface area contributed by atoms with Crippen molar-refractivity contribution in [3.05, 3.63) is 47.9 Å². The molecule has 8 heteroatoms. The number of anilines is 2. The molecule has 2 aromatic rings. The predicted molar refractivity (Wildman–Crippen MR) is 101 cm³/mol. The van der Waals surface area contributed by atoms with Crippen LogP contribution in [-0.4, -0.2) is 48.9 Å². The largest absolute Gasteiger partial charge is 0.354 e. The van der Waals surface area contributed by atoms with Gasteiger partial charge in [0, 0.05) is 18.8 Å². The Hall–Kier alpha value is -2.48. The monoisotopic (exact) mass is 374 g/mol. The van der Waals surface area contributed by atoms with Gasteiger partial charge in [-0.15, -0.1) is 0 Å². The van der Waals surface area contributed by atoms with Crippen molar-refractivity contribution in [1.29, 1.82) is 0 Å². The number of benzene rings is 1. The van der Waals surface area contributed by atoms with E-state index in [2.05, 4.69) is 15.3 Å². The Morgan fingerprint density at radius 1 is 1.27 bits per heavy atom. The van der Waals surface area contributed by atoms with Crippen LogP contribution in [0.3, 0.4) is 0 Å². The first-order valence-corrected chi connectivity index (χ1v) is 10.4.